The van der Waals surface area contributed by atoms with Crippen molar-refractivity contribution in [1.29, 1.82) is 0 Å². The van der Waals surface area contributed by atoms with Gasteiger partial charge in [-0.1, -0.05) is 41.4 Å². The highest BCUT2D eigenvalue weighted by atomic mass is 35.5. The van der Waals surface area contributed by atoms with E-state index in [4.69, 9.17) is 28.9 Å². The molecule has 0 aromatic heterocycles. The summed E-state index contributed by atoms with van der Waals surface area (Å²) < 4.78 is 0. The Morgan fingerprint density at radius 3 is 2.04 bits per heavy atom. The smallest absolute Gasteiger partial charge is 0.321 e. The first-order chi connectivity index (χ1) is 11.3. The summed E-state index contributed by atoms with van der Waals surface area (Å²) in [4.78, 5) is 23.0. The molecule has 4 N–H and O–H groups in total. The Kier molecular flexibility index (Phi) is 7.88. The molecule has 0 radical (unpaired) electrons. The van der Waals surface area contributed by atoms with Gasteiger partial charge in [-0.05, 0) is 30.3 Å². The second kappa shape index (κ2) is 9.64. The lowest BCUT2D eigenvalue weighted by Gasteiger charge is -2.12. The van der Waals surface area contributed by atoms with Crippen LogP contribution < -0.4 is 16.4 Å². The van der Waals surface area contributed by atoms with Gasteiger partial charge >= 0.3 is 12.1 Å². The maximum absolute atomic E-state index is 11.2. The molecule has 24 heavy (non-hydrogen) atoms. The average Bonchev–Trinajstić information content (AvgIpc) is 2.52. The van der Waals surface area contributed by atoms with E-state index in [0.29, 0.717) is 15.7 Å². The number of carbonyl (C=O) groups is 2. The van der Waals surface area contributed by atoms with Gasteiger partial charge in [0.05, 0.1) is 10.0 Å². The zero-order chi connectivity index (χ0) is 18.1. The molecule has 0 spiro atoms. The molecule has 0 aliphatic carbocycles. The molecule has 4 amide bonds. The maximum atomic E-state index is 11.2. The van der Waals surface area contributed by atoms with Crippen LogP contribution in [0.4, 0.5) is 21.0 Å². The van der Waals surface area contributed by atoms with Gasteiger partial charge < -0.3 is 21.3 Å². The number of amides is 4. The number of nitrogens with one attached hydrogen (secondary N) is 2. The molecule has 2 rings (SSSR count). The van der Waals surface area contributed by atoms with Crippen molar-refractivity contribution in [3.05, 3.63) is 58.6 Å². The van der Waals surface area contributed by atoms with Gasteiger partial charge in [0, 0.05) is 25.5 Å². The van der Waals surface area contributed by atoms with Crippen LogP contribution in [0.5, 0.6) is 0 Å². The van der Waals surface area contributed by atoms with Crippen LogP contribution in [-0.4, -0.2) is 31.1 Å². The normalized spacial score (nSPS) is 9.33. The van der Waals surface area contributed by atoms with E-state index in [0.717, 1.165) is 5.69 Å². The van der Waals surface area contributed by atoms with Crippen LogP contribution in [-0.2, 0) is 0 Å². The van der Waals surface area contributed by atoms with Crippen LogP contribution >= 0.6 is 23.2 Å². The fourth-order valence-corrected chi connectivity index (χ4v) is 1.77. The van der Waals surface area contributed by atoms with Gasteiger partial charge in [-0.25, -0.2) is 9.59 Å². The van der Waals surface area contributed by atoms with E-state index in [1.54, 1.807) is 44.4 Å². The van der Waals surface area contributed by atoms with Gasteiger partial charge in [-0.2, -0.15) is 0 Å². The molecule has 0 saturated carbocycles. The minimum Gasteiger partial charge on any atom is -0.351 e. The maximum Gasteiger partial charge on any atom is 0.321 e. The fourth-order valence-electron chi connectivity index (χ4n) is 1.47. The number of para-hydroxylation sites is 1. The van der Waals surface area contributed by atoms with Crippen LogP contribution in [0, 0.1) is 0 Å². The van der Waals surface area contributed by atoms with Gasteiger partial charge in [0.1, 0.15) is 0 Å². The summed E-state index contributed by atoms with van der Waals surface area (Å²) >= 11 is 11.5. The molecule has 0 saturated heterocycles. The molecule has 2 aromatic rings. The number of rotatable bonds is 2. The lowest BCUT2D eigenvalue weighted by atomic mass is 10.3. The summed E-state index contributed by atoms with van der Waals surface area (Å²) in [5.41, 5.74) is 6.22. The number of hydrogen-bond donors (Lipinski definition) is 3. The standard InChI is InChI=1S/C9H10Cl2N2O.C7H8N2O/c1-13(2)9(14)12-6-3-4-7(10)8(11)5-6;8-7(10)9-6-4-2-1-3-5-6/h3-5H,1-2H3,(H,12,14);1-5H,(H3,8,9,10). The van der Waals surface area contributed by atoms with E-state index in [1.807, 2.05) is 18.2 Å². The summed E-state index contributed by atoms with van der Waals surface area (Å²) in [6.45, 7) is 0. The molecule has 0 fully saturated rings. The first-order valence-electron chi connectivity index (χ1n) is 6.84. The van der Waals surface area contributed by atoms with Crippen LogP contribution in [0.25, 0.3) is 0 Å². The Morgan fingerprint density at radius 2 is 1.54 bits per heavy atom. The Bertz CT molecular complexity index is 694. The molecular formula is C16H18Cl2N4O2. The second-order valence-electron chi connectivity index (χ2n) is 4.81. The van der Waals surface area contributed by atoms with E-state index in [9.17, 15) is 9.59 Å². The Balaban J connectivity index is 0.000000254. The topological polar surface area (TPSA) is 87.5 Å². The Labute approximate surface area is 150 Å². The molecular weight excluding hydrogens is 351 g/mol. The third kappa shape index (κ3) is 7.21. The number of urea groups is 2. The van der Waals surface area contributed by atoms with Gasteiger partial charge in [0.25, 0.3) is 0 Å². The lowest BCUT2D eigenvalue weighted by molar-refractivity contribution is 0.230. The molecule has 2 aromatic carbocycles. The van der Waals surface area contributed by atoms with Crippen molar-refractivity contribution in [3.8, 4) is 0 Å². The predicted molar refractivity (Wildman–Crippen MR) is 98.8 cm³/mol. The largest absolute Gasteiger partial charge is 0.351 e. The van der Waals surface area contributed by atoms with Crippen LogP contribution in [0.1, 0.15) is 0 Å². The number of carbonyl (C=O) groups excluding carboxylic acids is 2. The molecule has 6 nitrogen and oxygen atoms in total. The van der Waals surface area contributed by atoms with Crippen LogP contribution in [0.2, 0.25) is 10.0 Å². The summed E-state index contributed by atoms with van der Waals surface area (Å²) in [6.07, 6.45) is 0. The van der Waals surface area contributed by atoms with Crippen molar-refractivity contribution >= 4 is 46.6 Å². The average molecular weight is 369 g/mol. The minimum atomic E-state index is -0.536. The van der Waals surface area contributed by atoms with E-state index in [1.165, 1.54) is 4.90 Å². The SMILES string of the molecule is CN(C)C(=O)Nc1ccc(Cl)c(Cl)c1.NC(=O)Nc1ccccc1. The number of halogens is 2. The van der Waals surface area contributed by atoms with Gasteiger partial charge in [-0.3, -0.25) is 0 Å². The van der Waals surface area contributed by atoms with Crippen molar-refractivity contribution < 1.29 is 9.59 Å². The summed E-state index contributed by atoms with van der Waals surface area (Å²) in [5, 5.41) is 5.98. The lowest BCUT2D eigenvalue weighted by Crippen LogP contribution is -2.27. The summed E-state index contributed by atoms with van der Waals surface area (Å²) in [6, 6.07) is 13.2. The number of nitrogens with two attached hydrogens (primary N) is 1. The third-order valence-corrected chi connectivity index (χ3v) is 3.36. The van der Waals surface area contributed by atoms with Crippen molar-refractivity contribution in [2.45, 2.75) is 0 Å². The van der Waals surface area contributed by atoms with Gasteiger partial charge in [0.2, 0.25) is 0 Å². The first-order valence-corrected chi connectivity index (χ1v) is 7.60. The fraction of sp³-hybridized carbons (Fsp3) is 0.125. The summed E-state index contributed by atoms with van der Waals surface area (Å²) in [5.74, 6) is 0. The quantitative estimate of drug-likeness (QED) is 0.738. The molecule has 0 heterocycles. The minimum absolute atomic E-state index is 0.205. The molecule has 0 bridgehead atoms. The molecule has 128 valence electrons. The van der Waals surface area contributed by atoms with Crippen molar-refractivity contribution in [2.75, 3.05) is 24.7 Å². The van der Waals surface area contributed by atoms with Gasteiger partial charge in [-0.15, -0.1) is 0 Å². The van der Waals surface area contributed by atoms with Gasteiger partial charge in [0.15, 0.2) is 0 Å². The van der Waals surface area contributed by atoms with E-state index in [2.05, 4.69) is 10.6 Å². The van der Waals surface area contributed by atoms with Crippen molar-refractivity contribution in [3.63, 3.8) is 0 Å². The molecule has 0 aliphatic rings. The molecule has 8 heteroatoms. The van der Waals surface area contributed by atoms with E-state index in [-0.39, 0.29) is 6.03 Å². The van der Waals surface area contributed by atoms with E-state index < -0.39 is 6.03 Å². The molecule has 0 unspecified atom stereocenters. The molecule has 0 atom stereocenters. The second-order valence-corrected chi connectivity index (χ2v) is 5.62. The molecule has 0 aliphatic heterocycles. The third-order valence-electron chi connectivity index (χ3n) is 2.62. The van der Waals surface area contributed by atoms with Crippen molar-refractivity contribution in [1.82, 2.24) is 4.90 Å². The highest BCUT2D eigenvalue weighted by molar-refractivity contribution is 6.42. The Hall–Kier alpha value is -2.44. The number of hydrogen-bond acceptors (Lipinski definition) is 2. The zero-order valence-corrected chi connectivity index (χ0v) is 14.7. The van der Waals surface area contributed by atoms with E-state index >= 15 is 0 Å². The monoisotopic (exact) mass is 368 g/mol. The number of anilines is 2. The highest BCUT2D eigenvalue weighted by Gasteiger charge is 2.05. The highest BCUT2D eigenvalue weighted by Crippen LogP contribution is 2.24. The number of benzene rings is 2. The van der Waals surface area contributed by atoms with Crippen molar-refractivity contribution in [2.24, 2.45) is 5.73 Å². The number of primary amides is 1. The summed E-state index contributed by atoms with van der Waals surface area (Å²) in [7, 11) is 3.32. The zero-order valence-electron chi connectivity index (χ0n) is 13.2. The first kappa shape index (κ1) is 19.6. The van der Waals surface area contributed by atoms with Crippen LogP contribution in [0.15, 0.2) is 48.5 Å². The van der Waals surface area contributed by atoms with Crippen LogP contribution in [0.3, 0.4) is 0 Å². The Morgan fingerprint density at radius 1 is 0.917 bits per heavy atom. The predicted octanol–water partition coefficient (Wildman–Crippen LogP) is 4.26. The number of nitrogens with zero attached hydrogens (tertiary/aromatic N) is 1.